The molecule has 20 heavy (non-hydrogen) atoms. The number of halogens is 4. The van der Waals surface area contributed by atoms with Crippen molar-refractivity contribution in [2.45, 2.75) is 19.1 Å². The van der Waals surface area contributed by atoms with E-state index in [9.17, 15) is 13.2 Å². The second kappa shape index (κ2) is 5.53. The molecule has 0 aliphatic carbocycles. The van der Waals surface area contributed by atoms with Gasteiger partial charge in [0, 0.05) is 10.0 Å². The van der Waals surface area contributed by atoms with Crippen molar-refractivity contribution in [3.8, 4) is 11.5 Å². The van der Waals surface area contributed by atoms with Crippen LogP contribution in [0.2, 0.25) is 0 Å². The van der Waals surface area contributed by atoms with Crippen LogP contribution in [0.15, 0.2) is 27.1 Å². The molecule has 4 nitrogen and oxygen atoms in total. The zero-order valence-corrected chi connectivity index (χ0v) is 12.2. The summed E-state index contributed by atoms with van der Waals surface area (Å²) in [4.78, 5) is 0. The normalized spacial score (nSPS) is 13.5. The van der Waals surface area contributed by atoms with Crippen LogP contribution in [-0.4, -0.2) is 17.2 Å². The zero-order chi connectivity index (χ0) is 14.9. The Morgan fingerprint density at radius 1 is 1.30 bits per heavy atom. The second-order valence-electron chi connectivity index (χ2n) is 4.15. The molecule has 0 radical (unpaired) electrons. The number of nitrogens with one attached hydrogen (secondary N) is 1. The lowest BCUT2D eigenvalue weighted by Gasteiger charge is -2.09. The Kier molecular flexibility index (Phi) is 4.14. The highest BCUT2D eigenvalue weighted by Crippen LogP contribution is 2.37. The molecule has 0 spiro atoms. The molecule has 1 atom stereocenters. The van der Waals surface area contributed by atoms with E-state index in [0.29, 0.717) is 5.89 Å². The van der Waals surface area contributed by atoms with Crippen LogP contribution in [0.25, 0.3) is 11.5 Å². The van der Waals surface area contributed by atoms with Gasteiger partial charge in [-0.25, -0.2) is 0 Å². The first-order chi connectivity index (χ1) is 9.32. The van der Waals surface area contributed by atoms with E-state index in [0.717, 1.165) is 6.07 Å². The molecule has 2 aromatic rings. The highest BCUT2D eigenvalue weighted by Gasteiger charge is 2.33. The highest BCUT2D eigenvalue weighted by molar-refractivity contribution is 9.10. The van der Waals surface area contributed by atoms with Crippen molar-refractivity contribution in [3.63, 3.8) is 0 Å². The second-order valence-corrected chi connectivity index (χ2v) is 5.00. The number of hydrogen-bond acceptors (Lipinski definition) is 4. The minimum Gasteiger partial charge on any atom is -0.419 e. The molecular weight excluding hydrogens is 339 g/mol. The molecule has 0 amide bonds. The monoisotopic (exact) mass is 349 g/mol. The number of benzene rings is 1. The molecule has 0 aliphatic heterocycles. The fourth-order valence-electron chi connectivity index (χ4n) is 1.53. The summed E-state index contributed by atoms with van der Waals surface area (Å²) in [6.45, 7) is 1.81. The van der Waals surface area contributed by atoms with Gasteiger partial charge >= 0.3 is 6.18 Å². The van der Waals surface area contributed by atoms with Gasteiger partial charge in [0.2, 0.25) is 11.8 Å². The molecule has 1 N–H and O–H groups in total. The SMILES string of the molecule is CNC(C)c1nnc(-c2ccc(Br)c(C(F)(F)F)c2)o1. The average Bonchev–Trinajstić information content (AvgIpc) is 2.86. The minimum absolute atomic E-state index is 0.0305. The van der Waals surface area contributed by atoms with E-state index >= 15 is 0 Å². The summed E-state index contributed by atoms with van der Waals surface area (Å²) in [6.07, 6.45) is -4.45. The number of hydrogen-bond donors (Lipinski definition) is 1. The van der Waals surface area contributed by atoms with Gasteiger partial charge in [-0.05, 0) is 32.2 Å². The first-order valence-corrected chi connectivity index (χ1v) is 6.50. The van der Waals surface area contributed by atoms with Gasteiger partial charge in [0.15, 0.2) is 0 Å². The smallest absolute Gasteiger partial charge is 0.417 e. The van der Waals surface area contributed by atoms with Crippen LogP contribution in [-0.2, 0) is 6.18 Å². The largest absolute Gasteiger partial charge is 0.419 e. The molecule has 8 heteroatoms. The van der Waals surface area contributed by atoms with Crippen molar-refractivity contribution in [2.24, 2.45) is 0 Å². The lowest BCUT2D eigenvalue weighted by Crippen LogP contribution is -2.12. The van der Waals surface area contributed by atoms with Gasteiger partial charge < -0.3 is 9.73 Å². The van der Waals surface area contributed by atoms with Crippen LogP contribution in [0.3, 0.4) is 0 Å². The molecule has 0 bridgehead atoms. The Morgan fingerprint density at radius 3 is 2.60 bits per heavy atom. The zero-order valence-electron chi connectivity index (χ0n) is 10.6. The van der Waals surface area contributed by atoms with Crippen LogP contribution in [0.4, 0.5) is 13.2 Å². The summed E-state index contributed by atoms with van der Waals surface area (Å²) >= 11 is 2.88. The molecular formula is C12H11BrF3N3O. The Balaban J connectivity index is 2.41. The van der Waals surface area contributed by atoms with Crippen LogP contribution in [0.1, 0.15) is 24.4 Å². The summed E-state index contributed by atoms with van der Waals surface area (Å²) < 4.78 is 43.8. The summed E-state index contributed by atoms with van der Waals surface area (Å²) in [5.74, 6) is 0.374. The number of aromatic nitrogens is 2. The topological polar surface area (TPSA) is 51.0 Å². The van der Waals surface area contributed by atoms with E-state index in [-0.39, 0.29) is 22.0 Å². The quantitative estimate of drug-likeness (QED) is 0.915. The maximum Gasteiger partial charge on any atom is 0.417 e. The van der Waals surface area contributed by atoms with Crippen molar-refractivity contribution >= 4 is 15.9 Å². The third-order valence-electron chi connectivity index (χ3n) is 2.76. The highest BCUT2D eigenvalue weighted by atomic mass is 79.9. The van der Waals surface area contributed by atoms with E-state index in [1.54, 1.807) is 14.0 Å². The molecule has 1 aromatic heterocycles. The van der Waals surface area contributed by atoms with E-state index in [1.807, 2.05) is 0 Å². The Hall–Kier alpha value is -1.41. The third-order valence-corrected chi connectivity index (χ3v) is 3.45. The molecule has 0 fully saturated rings. The van der Waals surface area contributed by atoms with Crippen LogP contribution >= 0.6 is 15.9 Å². The van der Waals surface area contributed by atoms with Gasteiger partial charge in [-0.15, -0.1) is 10.2 Å². The molecule has 108 valence electrons. The molecule has 0 saturated heterocycles. The lowest BCUT2D eigenvalue weighted by atomic mass is 10.1. The summed E-state index contributed by atoms with van der Waals surface area (Å²) in [7, 11) is 1.72. The fourth-order valence-corrected chi connectivity index (χ4v) is 2.00. The van der Waals surface area contributed by atoms with Crippen molar-refractivity contribution in [3.05, 3.63) is 34.1 Å². The van der Waals surface area contributed by atoms with Crippen molar-refractivity contribution in [1.29, 1.82) is 0 Å². The lowest BCUT2D eigenvalue weighted by molar-refractivity contribution is -0.138. The van der Waals surface area contributed by atoms with Crippen molar-refractivity contribution in [2.75, 3.05) is 7.05 Å². The maximum atomic E-state index is 12.8. The van der Waals surface area contributed by atoms with E-state index in [2.05, 4.69) is 31.4 Å². The molecule has 0 aliphatic rings. The van der Waals surface area contributed by atoms with Crippen LogP contribution in [0, 0.1) is 0 Å². The third kappa shape index (κ3) is 3.01. The molecule has 0 saturated carbocycles. The van der Waals surface area contributed by atoms with Crippen LogP contribution < -0.4 is 5.32 Å². The van der Waals surface area contributed by atoms with Gasteiger partial charge in [-0.2, -0.15) is 13.2 Å². The Morgan fingerprint density at radius 2 is 2.00 bits per heavy atom. The standard InChI is InChI=1S/C12H11BrF3N3O/c1-6(17-2)10-18-19-11(20-10)7-3-4-9(13)8(5-7)12(14,15)16/h3-6,17H,1-2H3. The summed E-state index contributed by atoms with van der Waals surface area (Å²) in [5.41, 5.74) is -0.556. The molecule has 1 unspecified atom stereocenters. The first kappa shape index (κ1) is 15.0. The average molecular weight is 350 g/mol. The summed E-state index contributed by atoms with van der Waals surface area (Å²) in [6, 6.07) is 3.60. The number of nitrogens with zero attached hydrogens (tertiary/aromatic N) is 2. The summed E-state index contributed by atoms with van der Waals surface area (Å²) in [5, 5.41) is 10.5. The Bertz CT molecular complexity index is 612. The predicted octanol–water partition coefficient (Wildman–Crippen LogP) is 3.80. The molecule has 2 rings (SSSR count). The minimum atomic E-state index is -4.45. The van der Waals surface area contributed by atoms with Gasteiger partial charge in [0.1, 0.15) is 0 Å². The number of rotatable bonds is 3. The van der Waals surface area contributed by atoms with Crippen LogP contribution in [0.5, 0.6) is 0 Å². The first-order valence-electron chi connectivity index (χ1n) is 5.70. The molecule has 1 heterocycles. The fraction of sp³-hybridized carbons (Fsp3) is 0.333. The molecule has 1 aromatic carbocycles. The predicted molar refractivity (Wildman–Crippen MR) is 69.9 cm³/mol. The van der Waals surface area contributed by atoms with E-state index < -0.39 is 11.7 Å². The van der Waals surface area contributed by atoms with E-state index in [4.69, 9.17) is 4.42 Å². The maximum absolute atomic E-state index is 12.8. The number of alkyl halides is 3. The van der Waals surface area contributed by atoms with Crippen molar-refractivity contribution in [1.82, 2.24) is 15.5 Å². The van der Waals surface area contributed by atoms with Gasteiger partial charge in [0.25, 0.3) is 0 Å². The Labute approximate surface area is 121 Å². The van der Waals surface area contributed by atoms with Crippen molar-refractivity contribution < 1.29 is 17.6 Å². The van der Waals surface area contributed by atoms with Gasteiger partial charge in [0.05, 0.1) is 11.6 Å². The van der Waals surface area contributed by atoms with Gasteiger partial charge in [-0.1, -0.05) is 15.9 Å². The van der Waals surface area contributed by atoms with E-state index in [1.165, 1.54) is 12.1 Å². The van der Waals surface area contributed by atoms with Gasteiger partial charge in [-0.3, -0.25) is 0 Å².